The molecule has 2 N–H and O–H groups in total. The summed E-state index contributed by atoms with van der Waals surface area (Å²) in [5.74, 6) is 0.281. The number of carbonyl (C=O) groups excluding carboxylic acids is 1. The van der Waals surface area contributed by atoms with Crippen LogP contribution in [0.2, 0.25) is 5.02 Å². The van der Waals surface area contributed by atoms with E-state index in [0.717, 1.165) is 22.5 Å². The molecule has 0 bridgehead atoms. The summed E-state index contributed by atoms with van der Waals surface area (Å²) in [5, 5.41) is 6.79. The van der Waals surface area contributed by atoms with E-state index in [-0.39, 0.29) is 5.91 Å². The van der Waals surface area contributed by atoms with Gasteiger partial charge in [-0.1, -0.05) is 31.5 Å². The van der Waals surface area contributed by atoms with Crippen molar-refractivity contribution in [3.63, 3.8) is 0 Å². The molecule has 0 saturated heterocycles. The lowest BCUT2D eigenvalue weighted by Crippen LogP contribution is -2.27. The minimum atomic E-state index is -0.124. The predicted octanol–water partition coefficient (Wildman–Crippen LogP) is 4.48. The highest BCUT2D eigenvalue weighted by Crippen LogP contribution is 2.30. The molecule has 0 fully saturated rings. The molecule has 1 aromatic heterocycles. The smallest absolute Gasteiger partial charge is 0.252 e. The molecule has 0 spiro atoms. The van der Waals surface area contributed by atoms with Crippen LogP contribution in [0.3, 0.4) is 0 Å². The summed E-state index contributed by atoms with van der Waals surface area (Å²) in [6, 6.07) is 5.74. The van der Waals surface area contributed by atoms with E-state index in [4.69, 9.17) is 11.6 Å². The zero-order chi connectivity index (χ0) is 17.0. The lowest BCUT2D eigenvalue weighted by molar-refractivity contribution is 0.0948. The van der Waals surface area contributed by atoms with Crippen LogP contribution in [0.1, 0.15) is 35.3 Å². The predicted molar refractivity (Wildman–Crippen MR) is 95.6 cm³/mol. The lowest BCUT2D eigenvalue weighted by atomic mass is 10.1. The Morgan fingerprint density at radius 1 is 1.22 bits per heavy atom. The maximum atomic E-state index is 12.1. The van der Waals surface area contributed by atoms with Crippen LogP contribution in [-0.4, -0.2) is 17.4 Å². The first-order valence-corrected chi connectivity index (χ1v) is 8.01. The monoisotopic (exact) mass is 331 g/mol. The highest BCUT2D eigenvalue weighted by molar-refractivity contribution is 6.33. The zero-order valence-electron chi connectivity index (χ0n) is 13.9. The van der Waals surface area contributed by atoms with E-state index in [0.29, 0.717) is 23.0 Å². The molecule has 0 atom stereocenters. The van der Waals surface area contributed by atoms with Gasteiger partial charge < -0.3 is 10.6 Å². The molecular weight excluding hydrogens is 310 g/mol. The number of aryl methyl sites for hydroxylation is 2. The van der Waals surface area contributed by atoms with Crippen molar-refractivity contribution >= 4 is 28.9 Å². The third-order valence-electron chi connectivity index (χ3n) is 3.37. The van der Waals surface area contributed by atoms with E-state index in [2.05, 4.69) is 35.5 Å². The number of benzene rings is 1. The Labute approximate surface area is 142 Å². The summed E-state index contributed by atoms with van der Waals surface area (Å²) >= 11 is 6.31. The van der Waals surface area contributed by atoms with Gasteiger partial charge in [-0.2, -0.15) is 0 Å². The van der Waals surface area contributed by atoms with E-state index < -0.39 is 0 Å². The minimum Gasteiger partial charge on any atom is -0.353 e. The third-order valence-corrected chi connectivity index (χ3v) is 3.67. The Hall–Kier alpha value is -2.07. The van der Waals surface area contributed by atoms with Gasteiger partial charge in [-0.3, -0.25) is 9.78 Å². The van der Waals surface area contributed by atoms with Crippen molar-refractivity contribution in [2.75, 3.05) is 11.9 Å². The maximum Gasteiger partial charge on any atom is 0.252 e. The minimum absolute atomic E-state index is 0.124. The molecule has 0 saturated carbocycles. The van der Waals surface area contributed by atoms with E-state index >= 15 is 0 Å². The molecule has 4 nitrogen and oxygen atoms in total. The van der Waals surface area contributed by atoms with Crippen molar-refractivity contribution in [1.82, 2.24) is 10.3 Å². The number of aromatic nitrogens is 1. The van der Waals surface area contributed by atoms with Crippen LogP contribution in [0.4, 0.5) is 11.4 Å². The molecule has 0 radical (unpaired) electrons. The molecule has 0 aliphatic rings. The number of pyridine rings is 1. The quantitative estimate of drug-likeness (QED) is 0.849. The average molecular weight is 332 g/mol. The molecule has 0 aliphatic heterocycles. The van der Waals surface area contributed by atoms with Gasteiger partial charge in [0.2, 0.25) is 0 Å². The largest absolute Gasteiger partial charge is 0.353 e. The second kappa shape index (κ2) is 7.47. The SMILES string of the molecule is Cc1cc(C)c(Nc2cncc(C(=O)NCC(C)C)c2)c(Cl)c1. The topological polar surface area (TPSA) is 54.0 Å². The van der Waals surface area contributed by atoms with Crippen LogP contribution < -0.4 is 10.6 Å². The highest BCUT2D eigenvalue weighted by atomic mass is 35.5. The molecule has 1 aromatic carbocycles. The fourth-order valence-electron chi connectivity index (χ4n) is 2.25. The highest BCUT2D eigenvalue weighted by Gasteiger charge is 2.10. The lowest BCUT2D eigenvalue weighted by Gasteiger charge is -2.13. The first-order valence-electron chi connectivity index (χ1n) is 7.64. The summed E-state index contributed by atoms with van der Waals surface area (Å²) in [7, 11) is 0. The van der Waals surface area contributed by atoms with Gasteiger partial charge in [0.25, 0.3) is 5.91 Å². The van der Waals surface area contributed by atoms with E-state index in [1.807, 2.05) is 19.9 Å². The Bertz CT molecular complexity index is 690. The van der Waals surface area contributed by atoms with Crippen molar-refractivity contribution in [2.24, 2.45) is 5.92 Å². The van der Waals surface area contributed by atoms with Crippen molar-refractivity contribution in [1.29, 1.82) is 0 Å². The summed E-state index contributed by atoms with van der Waals surface area (Å²) in [5.41, 5.74) is 4.24. The van der Waals surface area contributed by atoms with Gasteiger partial charge in [0.05, 0.1) is 28.2 Å². The van der Waals surface area contributed by atoms with Crippen LogP contribution >= 0.6 is 11.6 Å². The van der Waals surface area contributed by atoms with Gasteiger partial charge in [0.1, 0.15) is 0 Å². The number of hydrogen-bond donors (Lipinski definition) is 2. The Morgan fingerprint density at radius 3 is 2.61 bits per heavy atom. The molecule has 1 amide bonds. The van der Waals surface area contributed by atoms with E-state index in [1.54, 1.807) is 18.5 Å². The zero-order valence-corrected chi connectivity index (χ0v) is 14.7. The number of rotatable bonds is 5. The number of nitrogens with zero attached hydrogens (tertiary/aromatic N) is 1. The molecule has 0 aliphatic carbocycles. The molecule has 2 rings (SSSR count). The summed E-state index contributed by atoms with van der Waals surface area (Å²) in [4.78, 5) is 16.3. The normalized spacial score (nSPS) is 10.7. The number of carbonyl (C=O) groups is 1. The Kier molecular flexibility index (Phi) is 5.61. The Morgan fingerprint density at radius 2 is 1.96 bits per heavy atom. The van der Waals surface area contributed by atoms with Gasteiger partial charge in [-0.15, -0.1) is 0 Å². The van der Waals surface area contributed by atoms with Crippen LogP contribution in [-0.2, 0) is 0 Å². The second-order valence-electron chi connectivity index (χ2n) is 6.13. The van der Waals surface area contributed by atoms with E-state index in [9.17, 15) is 4.79 Å². The molecule has 5 heteroatoms. The van der Waals surface area contributed by atoms with Gasteiger partial charge >= 0.3 is 0 Å². The van der Waals surface area contributed by atoms with Crippen molar-refractivity contribution in [3.8, 4) is 0 Å². The number of anilines is 2. The van der Waals surface area contributed by atoms with Crippen LogP contribution in [0.5, 0.6) is 0 Å². The van der Waals surface area contributed by atoms with Crippen molar-refractivity contribution in [2.45, 2.75) is 27.7 Å². The molecule has 2 aromatic rings. The average Bonchev–Trinajstić information content (AvgIpc) is 2.48. The maximum absolute atomic E-state index is 12.1. The molecule has 1 heterocycles. The number of amides is 1. The summed E-state index contributed by atoms with van der Waals surface area (Å²) in [6.07, 6.45) is 3.24. The first-order chi connectivity index (χ1) is 10.9. The number of halogens is 1. The molecule has 23 heavy (non-hydrogen) atoms. The number of hydrogen-bond acceptors (Lipinski definition) is 3. The fraction of sp³-hybridized carbons (Fsp3) is 0.333. The van der Waals surface area contributed by atoms with Crippen molar-refractivity contribution in [3.05, 3.63) is 52.3 Å². The second-order valence-corrected chi connectivity index (χ2v) is 6.54. The van der Waals surface area contributed by atoms with Crippen LogP contribution in [0, 0.1) is 19.8 Å². The van der Waals surface area contributed by atoms with Crippen LogP contribution in [0.15, 0.2) is 30.6 Å². The van der Waals surface area contributed by atoms with Gasteiger partial charge in [-0.25, -0.2) is 0 Å². The first kappa shape index (κ1) is 17.3. The van der Waals surface area contributed by atoms with Crippen molar-refractivity contribution < 1.29 is 4.79 Å². The van der Waals surface area contributed by atoms with Gasteiger partial charge in [-0.05, 0) is 43.0 Å². The standard InChI is InChI=1S/C18H22ClN3O/c1-11(2)8-21-18(23)14-7-15(10-20-9-14)22-17-13(4)5-12(3)6-16(17)19/h5-7,9-11,22H,8H2,1-4H3,(H,21,23). The fourth-order valence-corrected chi connectivity index (χ4v) is 2.62. The molecule has 0 unspecified atom stereocenters. The van der Waals surface area contributed by atoms with Gasteiger partial charge in [0, 0.05) is 12.7 Å². The molecular formula is C18H22ClN3O. The summed E-state index contributed by atoms with van der Waals surface area (Å²) in [6.45, 7) is 8.74. The van der Waals surface area contributed by atoms with Crippen LogP contribution in [0.25, 0.3) is 0 Å². The Balaban J connectivity index is 2.19. The molecule has 122 valence electrons. The third kappa shape index (κ3) is 4.70. The van der Waals surface area contributed by atoms with Gasteiger partial charge in [0.15, 0.2) is 0 Å². The summed E-state index contributed by atoms with van der Waals surface area (Å²) < 4.78 is 0. The van der Waals surface area contributed by atoms with E-state index in [1.165, 1.54) is 0 Å². The number of nitrogens with one attached hydrogen (secondary N) is 2.